The van der Waals surface area contributed by atoms with E-state index in [4.69, 9.17) is 5.73 Å². The van der Waals surface area contributed by atoms with E-state index >= 15 is 0 Å². The molecule has 2 saturated heterocycles. The van der Waals surface area contributed by atoms with Gasteiger partial charge in [-0.05, 0) is 57.0 Å². The highest BCUT2D eigenvalue weighted by atomic mass is 15.3. The molecule has 0 aliphatic carbocycles. The molecule has 0 bridgehead atoms. The molecule has 1 aromatic carbocycles. The van der Waals surface area contributed by atoms with Crippen molar-refractivity contribution >= 4 is 5.69 Å². The van der Waals surface area contributed by atoms with Crippen LogP contribution >= 0.6 is 0 Å². The van der Waals surface area contributed by atoms with Crippen LogP contribution in [0.5, 0.6) is 0 Å². The van der Waals surface area contributed by atoms with Crippen LogP contribution in [0.2, 0.25) is 0 Å². The zero-order valence-electron chi connectivity index (χ0n) is 12.6. The van der Waals surface area contributed by atoms with Gasteiger partial charge in [-0.25, -0.2) is 0 Å². The number of hydrogen-bond acceptors (Lipinski definition) is 3. The van der Waals surface area contributed by atoms with Crippen LogP contribution < -0.4 is 5.73 Å². The molecule has 0 spiro atoms. The van der Waals surface area contributed by atoms with Gasteiger partial charge in [0.25, 0.3) is 0 Å². The molecule has 2 N–H and O–H groups in total. The van der Waals surface area contributed by atoms with E-state index in [0.717, 1.165) is 11.7 Å². The largest absolute Gasteiger partial charge is 0.399 e. The van der Waals surface area contributed by atoms with Crippen LogP contribution in [0.15, 0.2) is 24.3 Å². The first-order valence-corrected chi connectivity index (χ1v) is 8.07. The van der Waals surface area contributed by atoms with Crippen LogP contribution in [0.1, 0.15) is 44.2 Å². The number of benzene rings is 1. The molecule has 3 heteroatoms. The molecule has 2 aliphatic rings. The van der Waals surface area contributed by atoms with E-state index in [1.165, 1.54) is 57.4 Å². The molecular formula is C17H27N3. The summed E-state index contributed by atoms with van der Waals surface area (Å²) >= 11 is 0. The Hall–Kier alpha value is -1.06. The van der Waals surface area contributed by atoms with Crippen LogP contribution in [-0.2, 0) is 0 Å². The number of rotatable bonds is 3. The summed E-state index contributed by atoms with van der Waals surface area (Å²) < 4.78 is 0. The van der Waals surface area contributed by atoms with Crippen molar-refractivity contribution in [3.8, 4) is 0 Å². The Labute approximate surface area is 122 Å². The molecule has 2 atom stereocenters. The lowest BCUT2D eigenvalue weighted by Crippen LogP contribution is -2.41. The Bertz CT molecular complexity index is 440. The molecule has 0 aromatic heterocycles. The van der Waals surface area contributed by atoms with Crippen molar-refractivity contribution < 1.29 is 0 Å². The first kappa shape index (κ1) is 13.9. The smallest absolute Gasteiger partial charge is 0.0321 e. The third kappa shape index (κ3) is 2.99. The first-order valence-electron chi connectivity index (χ1n) is 8.07. The van der Waals surface area contributed by atoms with Crippen molar-refractivity contribution in [3.63, 3.8) is 0 Å². The van der Waals surface area contributed by atoms with Crippen LogP contribution in [0.3, 0.4) is 0 Å². The number of likely N-dealkylation sites (tertiary alicyclic amines) is 2. The first-order chi connectivity index (χ1) is 9.74. The normalized spacial score (nSPS) is 26.8. The van der Waals surface area contributed by atoms with Gasteiger partial charge in [0.1, 0.15) is 0 Å². The minimum atomic E-state index is 0.480. The average Bonchev–Trinajstić information content (AvgIpc) is 2.97. The topological polar surface area (TPSA) is 32.5 Å². The summed E-state index contributed by atoms with van der Waals surface area (Å²) in [6, 6.07) is 9.62. The lowest BCUT2D eigenvalue weighted by molar-refractivity contribution is 0.154. The third-order valence-electron chi connectivity index (χ3n) is 5.04. The Morgan fingerprint density at radius 1 is 1.15 bits per heavy atom. The summed E-state index contributed by atoms with van der Waals surface area (Å²) in [6.07, 6.45) is 5.53. The van der Waals surface area contributed by atoms with Gasteiger partial charge in [0.15, 0.2) is 0 Å². The highest BCUT2D eigenvalue weighted by Crippen LogP contribution is 2.28. The summed E-state index contributed by atoms with van der Waals surface area (Å²) in [5.41, 5.74) is 8.14. The van der Waals surface area contributed by atoms with Crippen molar-refractivity contribution in [2.24, 2.45) is 0 Å². The molecular weight excluding hydrogens is 246 g/mol. The van der Waals surface area contributed by atoms with E-state index in [1.807, 2.05) is 6.07 Å². The van der Waals surface area contributed by atoms with Gasteiger partial charge in [-0.15, -0.1) is 0 Å². The van der Waals surface area contributed by atoms with E-state index in [0.29, 0.717) is 6.04 Å². The molecule has 3 rings (SSSR count). The highest BCUT2D eigenvalue weighted by Gasteiger charge is 2.31. The SMILES string of the molecule is CC(c1cccc(N)c1)N1CCC(N2CCCCC2)C1. The van der Waals surface area contributed by atoms with Gasteiger partial charge in [0, 0.05) is 30.9 Å². The van der Waals surface area contributed by atoms with Crippen molar-refractivity contribution in [2.75, 3.05) is 31.9 Å². The summed E-state index contributed by atoms with van der Waals surface area (Å²) in [5.74, 6) is 0. The van der Waals surface area contributed by atoms with Crippen molar-refractivity contribution in [1.82, 2.24) is 9.80 Å². The van der Waals surface area contributed by atoms with Crippen molar-refractivity contribution in [1.29, 1.82) is 0 Å². The standard InChI is InChI=1S/C17H27N3/c1-14(15-6-5-7-16(18)12-15)20-11-8-17(13-20)19-9-3-2-4-10-19/h5-7,12,14,17H,2-4,8-11,13,18H2,1H3. The van der Waals surface area contributed by atoms with Gasteiger partial charge in [0.2, 0.25) is 0 Å². The van der Waals surface area contributed by atoms with Crippen molar-refractivity contribution in [3.05, 3.63) is 29.8 Å². The fourth-order valence-electron chi connectivity index (χ4n) is 3.73. The highest BCUT2D eigenvalue weighted by molar-refractivity contribution is 5.41. The van der Waals surface area contributed by atoms with Crippen molar-refractivity contribution in [2.45, 2.75) is 44.7 Å². The molecule has 2 unspecified atom stereocenters. The maximum absolute atomic E-state index is 5.91. The molecule has 0 saturated carbocycles. The molecule has 3 nitrogen and oxygen atoms in total. The maximum atomic E-state index is 5.91. The summed E-state index contributed by atoms with van der Waals surface area (Å²) in [5, 5.41) is 0. The van der Waals surface area contributed by atoms with E-state index in [2.05, 4.69) is 34.9 Å². The van der Waals surface area contributed by atoms with E-state index < -0.39 is 0 Å². The number of piperidine rings is 1. The fraction of sp³-hybridized carbons (Fsp3) is 0.647. The molecule has 1 aromatic rings. The number of anilines is 1. The maximum Gasteiger partial charge on any atom is 0.0321 e. The minimum Gasteiger partial charge on any atom is -0.399 e. The van der Waals surface area contributed by atoms with Crippen LogP contribution in [0.4, 0.5) is 5.69 Å². The molecule has 2 aliphatic heterocycles. The van der Waals surface area contributed by atoms with Gasteiger partial charge in [-0.3, -0.25) is 9.80 Å². The molecule has 20 heavy (non-hydrogen) atoms. The van der Waals surface area contributed by atoms with E-state index in [1.54, 1.807) is 0 Å². The van der Waals surface area contributed by atoms with Gasteiger partial charge >= 0.3 is 0 Å². The average molecular weight is 273 g/mol. The molecule has 2 fully saturated rings. The third-order valence-corrected chi connectivity index (χ3v) is 5.04. The van der Waals surface area contributed by atoms with Crippen LogP contribution in [0.25, 0.3) is 0 Å². The van der Waals surface area contributed by atoms with E-state index in [-0.39, 0.29) is 0 Å². The Balaban J connectivity index is 1.61. The van der Waals surface area contributed by atoms with Crippen LogP contribution in [-0.4, -0.2) is 42.0 Å². The Morgan fingerprint density at radius 2 is 1.95 bits per heavy atom. The predicted octanol–water partition coefficient (Wildman–Crippen LogP) is 2.89. The second-order valence-corrected chi connectivity index (χ2v) is 6.38. The second kappa shape index (κ2) is 6.15. The minimum absolute atomic E-state index is 0.480. The Morgan fingerprint density at radius 3 is 2.70 bits per heavy atom. The monoisotopic (exact) mass is 273 g/mol. The number of nitrogen functional groups attached to an aromatic ring is 1. The lowest BCUT2D eigenvalue weighted by atomic mass is 10.1. The van der Waals surface area contributed by atoms with Gasteiger partial charge < -0.3 is 5.73 Å². The van der Waals surface area contributed by atoms with Gasteiger partial charge in [-0.1, -0.05) is 18.6 Å². The molecule has 2 heterocycles. The molecule has 110 valence electrons. The lowest BCUT2D eigenvalue weighted by Gasteiger charge is -2.33. The number of nitrogens with zero attached hydrogens (tertiary/aromatic N) is 2. The summed E-state index contributed by atoms with van der Waals surface area (Å²) in [6.45, 7) is 7.37. The summed E-state index contributed by atoms with van der Waals surface area (Å²) in [7, 11) is 0. The van der Waals surface area contributed by atoms with Crippen LogP contribution in [0, 0.1) is 0 Å². The molecule has 0 radical (unpaired) electrons. The fourth-order valence-corrected chi connectivity index (χ4v) is 3.73. The van der Waals surface area contributed by atoms with Gasteiger partial charge in [0.05, 0.1) is 0 Å². The zero-order valence-corrected chi connectivity index (χ0v) is 12.6. The quantitative estimate of drug-likeness (QED) is 0.860. The van der Waals surface area contributed by atoms with E-state index in [9.17, 15) is 0 Å². The second-order valence-electron chi connectivity index (χ2n) is 6.38. The molecule has 0 amide bonds. The number of nitrogens with two attached hydrogens (primary N) is 1. The Kier molecular flexibility index (Phi) is 4.27. The predicted molar refractivity (Wildman–Crippen MR) is 84.7 cm³/mol. The summed E-state index contributed by atoms with van der Waals surface area (Å²) in [4.78, 5) is 5.34. The number of hydrogen-bond donors (Lipinski definition) is 1. The van der Waals surface area contributed by atoms with Gasteiger partial charge in [-0.2, -0.15) is 0 Å². The zero-order chi connectivity index (χ0) is 13.9.